The third-order valence-corrected chi connectivity index (χ3v) is 7.83. The fourth-order valence-electron chi connectivity index (χ4n) is 5.27. The quantitative estimate of drug-likeness (QED) is 0.432. The van der Waals surface area contributed by atoms with Gasteiger partial charge >= 0.3 is 0 Å². The molecule has 0 saturated carbocycles. The molecule has 1 unspecified atom stereocenters. The van der Waals surface area contributed by atoms with E-state index in [1.54, 1.807) is 19.1 Å². The minimum Gasteiger partial charge on any atom is -0.348 e. The summed E-state index contributed by atoms with van der Waals surface area (Å²) in [6.45, 7) is 7.47. The highest BCUT2D eigenvalue weighted by Crippen LogP contribution is 2.44. The molecule has 0 amide bonds. The third kappa shape index (κ3) is 3.77. The van der Waals surface area contributed by atoms with E-state index in [2.05, 4.69) is 41.7 Å². The second-order valence-electron chi connectivity index (χ2n) is 9.78. The van der Waals surface area contributed by atoms with Gasteiger partial charge in [0, 0.05) is 65.5 Å². The molecule has 0 bridgehead atoms. The van der Waals surface area contributed by atoms with Crippen LogP contribution in [0, 0.1) is 0 Å². The molecule has 1 spiro atoms. The number of hydrogen-bond donors (Lipinski definition) is 2. The van der Waals surface area contributed by atoms with E-state index >= 15 is 0 Å². The van der Waals surface area contributed by atoms with Gasteiger partial charge in [0.25, 0.3) is 0 Å². The van der Waals surface area contributed by atoms with Gasteiger partial charge in [-0.15, -0.1) is 0 Å². The Balaban J connectivity index is 1.29. The SMILES string of the molecule is CP(C)(=O)/C=C/c1c[nH]c2ncc(-c3cc4n(n3)CCC43CCN(Cc4ncc[nH]4)C3)cc12. The molecule has 2 aliphatic rings. The molecule has 2 N–H and O–H groups in total. The summed E-state index contributed by atoms with van der Waals surface area (Å²) in [4.78, 5) is 17.9. The first-order valence-electron chi connectivity index (χ1n) is 11.4. The van der Waals surface area contributed by atoms with E-state index in [-0.39, 0.29) is 5.41 Å². The molecule has 2 aliphatic heterocycles. The van der Waals surface area contributed by atoms with Crippen LogP contribution in [-0.4, -0.2) is 61.0 Å². The summed E-state index contributed by atoms with van der Waals surface area (Å²) in [6.07, 6.45) is 11.7. The molecule has 4 aromatic rings. The Hall–Kier alpha value is -2.96. The van der Waals surface area contributed by atoms with E-state index < -0.39 is 7.14 Å². The van der Waals surface area contributed by atoms with E-state index in [4.69, 9.17) is 5.10 Å². The highest BCUT2D eigenvalue weighted by molar-refractivity contribution is 7.65. The molecule has 6 rings (SSSR count). The van der Waals surface area contributed by atoms with Crippen molar-refractivity contribution in [1.29, 1.82) is 0 Å². The lowest BCUT2D eigenvalue weighted by atomic mass is 9.82. The van der Waals surface area contributed by atoms with Crippen LogP contribution in [-0.2, 0) is 23.1 Å². The zero-order valence-corrected chi connectivity index (χ0v) is 19.8. The van der Waals surface area contributed by atoms with Crippen molar-refractivity contribution in [1.82, 2.24) is 34.6 Å². The minimum absolute atomic E-state index is 0.167. The number of nitrogens with one attached hydrogen (secondary N) is 2. The highest BCUT2D eigenvalue weighted by Gasteiger charge is 2.45. The van der Waals surface area contributed by atoms with E-state index in [0.29, 0.717) is 0 Å². The first-order chi connectivity index (χ1) is 15.9. The fourth-order valence-corrected chi connectivity index (χ4v) is 5.79. The van der Waals surface area contributed by atoms with Crippen LogP contribution in [0.15, 0.2) is 42.7 Å². The molecule has 6 heterocycles. The van der Waals surface area contributed by atoms with Crippen LogP contribution in [0.4, 0.5) is 0 Å². The maximum atomic E-state index is 12.1. The third-order valence-electron chi connectivity index (χ3n) is 6.96. The normalized spacial score (nSPS) is 21.2. The molecule has 8 nitrogen and oxygen atoms in total. The molecule has 0 aliphatic carbocycles. The molecule has 33 heavy (non-hydrogen) atoms. The summed E-state index contributed by atoms with van der Waals surface area (Å²) in [6, 6.07) is 4.40. The molecule has 4 aromatic heterocycles. The summed E-state index contributed by atoms with van der Waals surface area (Å²) >= 11 is 0. The molecular weight excluding hydrogens is 433 g/mol. The zero-order valence-electron chi connectivity index (χ0n) is 19.0. The van der Waals surface area contributed by atoms with Crippen molar-refractivity contribution < 1.29 is 4.57 Å². The van der Waals surface area contributed by atoms with Crippen molar-refractivity contribution in [3.63, 3.8) is 0 Å². The van der Waals surface area contributed by atoms with Gasteiger partial charge in [-0.1, -0.05) is 0 Å². The number of likely N-dealkylation sites (tertiary alicyclic amines) is 1. The van der Waals surface area contributed by atoms with Crippen LogP contribution in [0.5, 0.6) is 0 Å². The van der Waals surface area contributed by atoms with Gasteiger partial charge < -0.3 is 14.5 Å². The molecule has 1 fully saturated rings. The average molecular weight is 462 g/mol. The smallest absolute Gasteiger partial charge is 0.137 e. The summed E-state index contributed by atoms with van der Waals surface area (Å²) in [5.41, 5.74) is 5.31. The Bertz CT molecular complexity index is 1390. The molecule has 0 aromatic carbocycles. The van der Waals surface area contributed by atoms with Gasteiger partial charge in [-0.3, -0.25) is 9.58 Å². The van der Waals surface area contributed by atoms with E-state index in [1.807, 2.05) is 30.9 Å². The first kappa shape index (κ1) is 20.6. The lowest BCUT2D eigenvalue weighted by Gasteiger charge is -2.23. The summed E-state index contributed by atoms with van der Waals surface area (Å²) in [7, 11) is -2.23. The maximum absolute atomic E-state index is 12.1. The van der Waals surface area contributed by atoms with Crippen LogP contribution >= 0.6 is 7.14 Å². The van der Waals surface area contributed by atoms with Crippen LogP contribution in [0.1, 0.15) is 29.9 Å². The maximum Gasteiger partial charge on any atom is 0.137 e. The molecule has 1 saturated heterocycles. The largest absolute Gasteiger partial charge is 0.348 e. The standard InChI is InChI=1S/C24H28N7OP/c1-33(2,32)10-3-17-13-27-23-19(17)11-18(14-28-23)20-12-21-24(5-9-31(21)29-20)4-8-30(16-24)15-22-25-6-7-26-22/h3,6-7,10-14H,4-5,8-9,15-16H2,1-2H3,(H,25,26)(H,27,28)/b10-3+. The monoisotopic (exact) mass is 461 g/mol. The number of hydrogen-bond acceptors (Lipinski definition) is 5. The predicted molar refractivity (Wildman–Crippen MR) is 131 cm³/mol. The number of fused-ring (bicyclic) bond motifs is 3. The van der Waals surface area contributed by atoms with Crippen molar-refractivity contribution in [3.8, 4) is 11.3 Å². The second-order valence-corrected chi connectivity index (χ2v) is 12.9. The van der Waals surface area contributed by atoms with Crippen LogP contribution in [0.2, 0.25) is 0 Å². The number of imidazole rings is 1. The van der Waals surface area contributed by atoms with Crippen molar-refractivity contribution in [3.05, 3.63) is 59.8 Å². The van der Waals surface area contributed by atoms with Crippen LogP contribution < -0.4 is 0 Å². The first-order valence-corrected chi connectivity index (χ1v) is 14.1. The Morgan fingerprint density at radius 3 is 2.88 bits per heavy atom. The Morgan fingerprint density at radius 2 is 2.06 bits per heavy atom. The average Bonchev–Trinajstić information content (AvgIpc) is 3.58. The van der Waals surface area contributed by atoms with Gasteiger partial charge in [-0.05, 0) is 56.7 Å². The number of rotatable bonds is 5. The van der Waals surface area contributed by atoms with Gasteiger partial charge in [0.15, 0.2) is 0 Å². The van der Waals surface area contributed by atoms with E-state index in [1.165, 1.54) is 5.69 Å². The van der Waals surface area contributed by atoms with Crippen molar-refractivity contribution in [2.75, 3.05) is 26.4 Å². The molecule has 0 radical (unpaired) electrons. The van der Waals surface area contributed by atoms with E-state index in [0.717, 1.165) is 72.7 Å². The van der Waals surface area contributed by atoms with Gasteiger partial charge in [-0.2, -0.15) is 5.10 Å². The van der Waals surface area contributed by atoms with Crippen molar-refractivity contribution >= 4 is 24.3 Å². The second kappa shape index (κ2) is 7.54. The summed E-state index contributed by atoms with van der Waals surface area (Å²) < 4.78 is 14.3. The van der Waals surface area contributed by atoms with Gasteiger partial charge in [0.2, 0.25) is 0 Å². The molecule has 1 atom stereocenters. The Labute approximate surface area is 192 Å². The highest BCUT2D eigenvalue weighted by atomic mass is 31.2. The zero-order chi connectivity index (χ0) is 22.6. The molecule has 170 valence electrons. The molecule has 9 heteroatoms. The number of aromatic nitrogens is 6. The number of nitrogens with zero attached hydrogens (tertiary/aromatic N) is 5. The lowest BCUT2D eigenvalue weighted by Crippen LogP contribution is -2.29. The van der Waals surface area contributed by atoms with Crippen LogP contribution in [0.3, 0.4) is 0 Å². The van der Waals surface area contributed by atoms with Crippen LogP contribution in [0.25, 0.3) is 28.4 Å². The van der Waals surface area contributed by atoms with Crippen molar-refractivity contribution in [2.45, 2.75) is 31.3 Å². The predicted octanol–water partition coefficient (Wildman–Crippen LogP) is 4.29. The number of aryl methyl sites for hydroxylation is 1. The number of H-pyrrole nitrogens is 2. The van der Waals surface area contributed by atoms with Gasteiger partial charge in [-0.25, -0.2) is 9.97 Å². The van der Waals surface area contributed by atoms with Gasteiger partial charge in [0.1, 0.15) is 18.6 Å². The lowest BCUT2D eigenvalue weighted by molar-refractivity contribution is 0.295. The minimum atomic E-state index is -2.23. The van der Waals surface area contributed by atoms with E-state index in [9.17, 15) is 4.57 Å². The number of aromatic amines is 2. The fraction of sp³-hybridized carbons (Fsp3) is 0.375. The topological polar surface area (TPSA) is 95.5 Å². The summed E-state index contributed by atoms with van der Waals surface area (Å²) in [5, 5.41) is 5.97. The Kier molecular flexibility index (Phi) is 4.71. The summed E-state index contributed by atoms with van der Waals surface area (Å²) in [5.74, 6) is 2.82. The number of pyridine rings is 1. The Morgan fingerprint density at radius 1 is 1.18 bits per heavy atom. The molecular formula is C24H28N7OP. The van der Waals surface area contributed by atoms with Gasteiger partial charge in [0.05, 0.1) is 12.2 Å². The van der Waals surface area contributed by atoms with Crippen molar-refractivity contribution in [2.24, 2.45) is 0 Å².